The van der Waals surface area contributed by atoms with Gasteiger partial charge in [-0.25, -0.2) is 9.97 Å². The van der Waals surface area contributed by atoms with E-state index in [2.05, 4.69) is 31.2 Å². The van der Waals surface area contributed by atoms with E-state index in [4.69, 9.17) is 11.6 Å². The highest BCUT2D eigenvalue weighted by atomic mass is 79.9. The molecule has 0 saturated carbocycles. The normalized spacial score (nSPS) is 10.8. The predicted octanol–water partition coefficient (Wildman–Crippen LogP) is 5.10. The molecule has 0 saturated heterocycles. The Labute approximate surface area is 130 Å². The van der Waals surface area contributed by atoms with Gasteiger partial charge in [0.05, 0.1) is 5.52 Å². The SMILES string of the molecule is Cc1c(Cl)cccc1Nc1ncnc2c(Br)cccc12. The fourth-order valence-electron chi connectivity index (χ4n) is 2.02. The average Bonchev–Trinajstić information content (AvgIpc) is 2.45. The third kappa shape index (κ3) is 2.37. The summed E-state index contributed by atoms with van der Waals surface area (Å²) in [5.74, 6) is 0.765. The van der Waals surface area contributed by atoms with Gasteiger partial charge in [0.15, 0.2) is 0 Å². The Morgan fingerprint density at radius 1 is 1.10 bits per heavy atom. The largest absolute Gasteiger partial charge is 0.339 e. The topological polar surface area (TPSA) is 37.8 Å². The molecular formula is C15H11BrClN3. The van der Waals surface area contributed by atoms with Crippen LogP contribution < -0.4 is 5.32 Å². The quantitative estimate of drug-likeness (QED) is 0.700. The van der Waals surface area contributed by atoms with Crippen LogP contribution in [-0.4, -0.2) is 9.97 Å². The lowest BCUT2D eigenvalue weighted by atomic mass is 10.2. The number of nitrogens with one attached hydrogen (secondary N) is 1. The van der Waals surface area contributed by atoms with Crippen LogP contribution in [0.5, 0.6) is 0 Å². The van der Waals surface area contributed by atoms with Crippen molar-refractivity contribution < 1.29 is 0 Å². The third-order valence-electron chi connectivity index (χ3n) is 3.14. The van der Waals surface area contributed by atoms with E-state index in [1.54, 1.807) is 6.33 Å². The van der Waals surface area contributed by atoms with Crippen LogP contribution >= 0.6 is 27.5 Å². The molecule has 3 aromatic rings. The zero-order chi connectivity index (χ0) is 14.1. The maximum Gasteiger partial charge on any atom is 0.141 e. The first-order valence-corrected chi connectivity index (χ1v) is 7.25. The molecule has 0 aliphatic heterocycles. The maximum absolute atomic E-state index is 6.14. The minimum absolute atomic E-state index is 0.731. The molecule has 0 radical (unpaired) electrons. The first-order chi connectivity index (χ1) is 9.66. The number of aromatic nitrogens is 2. The van der Waals surface area contributed by atoms with Crippen molar-refractivity contribution in [2.75, 3.05) is 5.32 Å². The van der Waals surface area contributed by atoms with Crippen molar-refractivity contribution in [3.63, 3.8) is 0 Å². The van der Waals surface area contributed by atoms with Crippen LogP contribution in [0.25, 0.3) is 10.9 Å². The second-order valence-corrected chi connectivity index (χ2v) is 5.66. The zero-order valence-electron chi connectivity index (χ0n) is 10.7. The van der Waals surface area contributed by atoms with Gasteiger partial charge in [-0.15, -0.1) is 0 Å². The van der Waals surface area contributed by atoms with Crippen LogP contribution in [0, 0.1) is 6.92 Å². The molecule has 100 valence electrons. The van der Waals surface area contributed by atoms with E-state index in [0.717, 1.165) is 37.5 Å². The highest BCUT2D eigenvalue weighted by Crippen LogP contribution is 2.30. The molecular weight excluding hydrogens is 338 g/mol. The van der Waals surface area contributed by atoms with Crippen molar-refractivity contribution in [3.05, 3.63) is 57.8 Å². The first-order valence-electron chi connectivity index (χ1n) is 6.08. The van der Waals surface area contributed by atoms with Crippen molar-refractivity contribution in [1.29, 1.82) is 0 Å². The van der Waals surface area contributed by atoms with Gasteiger partial charge < -0.3 is 5.32 Å². The lowest BCUT2D eigenvalue weighted by Gasteiger charge is -2.12. The Morgan fingerprint density at radius 3 is 2.75 bits per heavy atom. The molecule has 0 unspecified atom stereocenters. The van der Waals surface area contributed by atoms with Crippen LogP contribution in [0.1, 0.15) is 5.56 Å². The van der Waals surface area contributed by atoms with Gasteiger partial charge in [-0.05, 0) is 52.7 Å². The fraction of sp³-hybridized carbons (Fsp3) is 0.0667. The molecule has 0 spiro atoms. The van der Waals surface area contributed by atoms with Gasteiger partial charge >= 0.3 is 0 Å². The fourth-order valence-corrected chi connectivity index (χ4v) is 2.66. The van der Waals surface area contributed by atoms with Gasteiger partial charge in [-0.3, -0.25) is 0 Å². The Kier molecular flexibility index (Phi) is 3.59. The molecule has 0 fully saturated rings. The molecule has 0 atom stereocenters. The van der Waals surface area contributed by atoms with Crippen LogP contribution in [0.2, 0.25) is 5.02 Å². The molecule has 20 heavy (non-hydrogen) atoms. The average molecular weight is 349 g/mol. The van der Waals surface area contributed by atoms with Gasteiger partial charge in [-0.1, -0.05) is 23.7 Å². The maximum atomic E-state index is 6.14. The number of hydrogen-bond donors (Lipinski definition) is 1. The minimum atomic E-state index is 0.731. The summed E-state index contributed by atoms with van der Waals surface area (Å²) in [6.45, 7) is 1.98. The number of hydrogen-bond acceptors (Lipinski definition) is 3. The standard InChI is InChI=1S/C15H11BrClN3/c1-9-12(17)6-3-7-13(9)20-15-10-4-2-5-11(16)14(10)18-8-19-15/h2-8H,1H3,(H,18,19,20). The number of fused-ring (bicyclic) bond motifs is 1. The Morgan fingerprint density at radius 2 is 1.90 bits per heavy atom. The van der Waals surface area contributed by atoms with Crippen LogP contribution in [0.3, 0.4) is 0 Å². The van der Waals surface area contributed by atoms with Gasteiger partial charge in [0.1, 0.15) is 12.1 Å². The number of rotatable bonds is 2. The molecule has 0 aliphatic carbocycles. The van der Waals surface area contributed by atoms with Gasteiger partial charge in [0, 0.05) is 20.6 Å². The van der Waals surface area contributed by atoms with E-state index in [0.29, 0.717) is 0 Å². The number of anilines is 2. The number of para-hydroxylation sites is 1. The molecule has 1 heterocycles. The monoisotopic (exact) mass is 347 g/mol. The third-order valence-corrected chi connectivity index (χ3v) is 4.19. The van der Waals surface area contributed by atoms with E-state index in [1.165, 1.54) is 0 Å². The molecule has 1 aromatic heterocycles. The van der Waals surface area contributed by atoms with Gasteiger partial charge in [0.2, 0.25) is 0 Å². The molecule has 0 aliphatic rings. The summed E-state index contributed by atoms with van der Waals surface area (Å²) in [6, 6.07) is 11.7. The summed E-state index contributed by atoms with van der Waals surface area (Å²) in [6.07, 6.45) is 1.55. The second kappa shape index (κ2) is 5.38. The van der Waals surface area contributed by atoms with Crippen molar-refractivity contribution in [2.24, 2.45) is 0 Å². The highest BCUT2D eigenvalue weighted by Gasteiger charge is 2.08. The molecule has 3 nitrogen and oxygen atoms in total. The van der Waals surface area contributed by atoms with E-state index in [9.17, 15) is 0 Å². The van der Waals surface area contributed by atoms with Crippen molar-refractivity contribution in [2.45, 2.75) is 6.92 Å². The van der Waals surface area contributed by atoms with Crippen LogP contribution in [0.4, 0.5) is 11.5 Å². The molecule has 2 aromatic carbocycles. The summed E-state index contributed by atoms with van der Waals surface area (Å²) in [4.78, 5) is 8.63. The Balaban J connectivity index is 2.12. The predicted molar refractivity (Wildman–Crippen MR) is 86.7 cm³/mol. The smallest absolute Gasteiger partial charge is 0.141 e. The second-order valence-electron chi connectivity index (χ2n) is 4.40. The number of halogens is 2. The van der Waals surface area contributed by atoms with Crippen molar-refractivity contribution in [1.82, 2.24) is 9.97 Å². The summed E-state index contributed by atoms with van der Waals surface area (Å²) in [5.41, 5.74) is 2.82. The highest BCUT2D eigenvalue weighted by molar-refractivity contribution is 9.10. The summed E-state index contributed by atoms with van der Waals surface area (Å²) in [7, 11) is 0. The molecule has 3 rings (SSSR count). The first kappa shape index (κ1) is 13.3. The molecule has 5 heteroatoms. The van der Waals surface area contributed by atoms with E-state index in [-0.39, 0.29) is 0 Å². The lowest BCUT2D eigenvalue weighted by molar-refractivity contribution is 1.21. The minimum Gasteiger partial charge on any atom is -0.339 e. The van der Waals surface area contributed by atoms with E-state index < -0.39 is 0 Å². The molecule has 0 amide bonds. The summed E-state index contributed by atoms with van der Waals surface area (Å²) < 4.78 is 0.947. The van der Waals surface area contributed by atoms with E-state index >= 15 is 0 Å². The van der Waals surface area contributed by atoms with Crippen molar-refractivity contribution in [3.8, 4) is 0 Å². The summed E-state index contributed by atoms with van der Waals surface area (Å²) >= 11 is 9.65. The zero-order valence-corrected chi connectivity index (χ0v) is 13.0. The van der Waals surface area contributed by atoms with Crippen LogP contribution in [0.15, 0.2) is 47.2 Å². The van der Waals surface area contributed by atoms with E-state index in [1.807, 2.05) is 43.3 Å². The van der Waals surface area contributed by atoms with Gasteiger partial charge in [-0.2, -0.15) is 0 Å². The summed E-state index contributed by atoms with van der Waals surface area (Å²) in [5, 5.41) is 5.02. The number of nitrogens with zero attached hydrogens (tertiary/aromatic N) is 2. The molecule has 1 N–H and O–H groups in total. The number of benzene rings is 2. The Hall–Kier alpha value is -1.65. The van der Waals surface area contributed by atoms with Crippen molar-refractivity contribution >= 4 is 49.9 Å². The lowest BCUT2D eigenvalue weighted by Crippen LogP contribution is -1.98. The molecule has 0 bridgehead atoms. The van der Waals surface area contributed by atoms with Crippen LogP contribution in [-0.2, 0) is 0 Å². The van der Waals surface area contributed by atoms with Gasteiger partial charge in [0.25, 0.3) is 0 Å². The Bertz CT molecular complexity index is 789.